The summed E-state index contributed by atoms with van der Waals surface area (Å²) in [5.41, 5.74) is 2.05. The summed E-state index contributed by atoms with van der Waals surface area (Å²) in [6.45, 7) is 4.58. The Morgan fingerprint density at radius 1 is 1.33 bits per heavy atom. The Hall–Kier alpha value is -1.77. The van der Waals surface area contributed by atoms with E-state index < -0.39 is 15.3 Å². The van der Waals surface area contributed by atoms with Crippen molar-refractivity contribution in [3.63, 3.8) is 0 Å². The minimum Gasteiger partial charge on any atom is -0.424 e. The van der Waals surface area contributed by atoms with Crippen molar-refractivity contribution in [3.8, 4) is 0 Å². The molecule has 1 aliphatic heterocycles. The number of rotatable bonds is 6. The Bertz CT molecular complexity index is 803. The van der Waals surface area contributed by atoms with E-state index in [1.165, 1.54) is 0 Å². The summed E-state index contributed by atoms with van der Waals surface area (Å²) in [6, 6.07) is 7.53. The topological polar surface area (TPSA) is 97.1 Å². The number of nitrogens with one attached hydrogen (secondary N) is 2. The van der Waals surface area contributed by atoms with E-state index in [4.69, 9.17) is 4.42 Å². The molecule has 130 valence electrons. The lowest BCUT2D eigenvalue weighted by atomic mass is 10.1. The van der Waals surface area contributed by atoms with Gasteiger partial charge in [-0.05, 0) is 24.5 Å². The van der Waals surface area contributed by atoms with E-state index in [2.05, 4.69) is 20.2 Å². The first kappa shape index (κ1) is 17.1. The maximum absolute atomic E-state index is 12.5. The highest BCUT2D eigenvalue weighted by Crippen LogP contribution is 2.26. The van der Waals surface area contributed by atoms with Gasteiger partial charge in [0.25, 0.3) is 0 Å². The zero-order valence-corrected chi connectivity index (χ0v) is 14.6. The Morgan fingerprint density at radius 3 is 2.83 bits per heavy atom. The molecule has 1 aliphatic rings. The average molecular weight is 350 g/mol. The van der Waals surface area contributed by atoms with Gasteiger partial charge in [0.2, 0.25) is 21.8 Å². The number of benzene rings is 1. The van der Waals surface area contributed by atoms with E-state index >= 15 is 0 Å². The van der Waals surface area contributed by atoms with Crippen molar-refractivity contribution in [2.45, 2.75) is 44.5 Å². The Labute approximate surface area is 141 Å². The van der Waals surface area contributed by atoms with Crippen LogP contribution in [0.25, 0.3) is 0 Å². The molecule has 0 radical (unpaired) electrons. The highest BCUT2D eigenvalue weighted by Gasteiger charge is 2.36. The van der Waals surface area contributed by atoms with Crippen LogP contribution in [0.1, 0.15) is 42.3 Å². The van der Waals surface area contributed by atoms with Crippen LogP contribution in [0, 0.1) is 6.92 Å². The molecular formula is C16H22N4O3S. The summed E-state index contributed by atoms with van der Waals surface area (Å²) in [5.74, 6) is 1.03. The van der Waals surface area contributed by atoms with Crippen LogP contribution >= 0.6 is 0 Å². The predicted octanol–water partition coefficient (Wildman–Crippen LogP) is 1.46. The van der Waals surface area contributed by atoms with Gasteiger partial charge in [0.05, 0.1) is 11.3 Å². The molecule has 2 heterocycles. The van der Waals surface area contributed by atoms with Gasteiger partial charge in [0, 0.05) is 19.5 Å². The minimum atomic E-state index is -3.42. The summed E-state index contributed by atoms with van der Waals surface area (Å²) >= 11 is 0. The Kier molecular flexibility index (Phi) is 4.98. The van der Waals surface area contributed by atoms with Gasteiger partial charge >= 0.3 is 0 Å². The van der Waals surface area contributed by atoms with Gasteiger partial charge < -0.3 is 9.73 Å². The van der Waals surface area contributed by atoms with Crippen LogP contribution in [-0.4, -0.2) is 30.4 Å². The number of hydrogen-bond donors (Lipinski definition) is 2. The first-order chi connectivity index (χ1) is 11.5. The molecule has 2 unspecified atom stereocenters. The van der Waals surface area contributed by atoms with Crippen molar-refractivity contribution in [3.05, 3.63) is 47.2 Å². The standard InChI is InChI=1S/C16H22N4O3S/c1-3-15-19-20-16(23-15)14-8-13(10-17-14)24(21,22)18-9-12-7-5-4-6-11(12)2/h4-7,13-14,17-18H,3,8-10H2,1-2H3. The number of nitrogens with zero attached hydrogens (tertiary/aromatic N) is 2. The second-order valence-electron chi connectivity index (χ2n) is 6.00. The smallest absolute Gasteiger partial charge is 0.233 e. The van der Waals surface area contributed by atoms with Gasteiger partial charge in [-0.3, -0.25) is 0 Å². The molecule has 0 aliphatic carbocycles. The van der Waals surface area contributed by atoms with Gasteiger partial charge in [-0.15, -0.1) is 10.2 Å². The van der Waals surface area contributed by atoms with Gasteiger partial charge in [0.1, 0.15) is 0 Å². The molecule has 0 amide bonds. The fraction of sp³-hybridized carbons (Fsp3) is 0.500. The van der Waals surface area contributed by atoms with Crippen molar-refractivity contribution in [2.24, 2.45) is 0 Å². The van der Waals surface area contributed by atoms with Crippen LogP contribution in [0.4, 0.5) is 0 Å². The third-order valence-electron chi connectivity index (χ3n) is 4.34. The largest absolute Gasteiger partial charge is 0.424 e. The lowest BCUT2D eigenvalue weighted by molar-refractivity contribution is 0.405. The SMILES string of the molecule is CCc1nnc(C2CC(S(=O)(=O)NCc3ccccc3C)CN2)o1. The number of aromatic nitrogens is 2. The fourth-order valence-electron chi connectivity index (χ4n) is 2.78. The first-order valence-electron chi connectivity index (χ1n) is 8.08. The van der Waals surface area contributed by atoms with Crippen molar-refractivity contribution in [1.29, 1.82) is 0 Å². The second kappa shape index (κ2) is 7.00. The van der Waals surface area contributed by atoms with Crippen molar-refractivity contribution < 1.29 is 12.8 Å². The van der Waals surface area contributed by atoms with Gasteiger partial charge in [-0.2, -0.15) is 0 Å². The molecule has 0 bridgehead atoms. The van der Waals surface area contributed by atoms with Gasteiger partial charge in [0.15, 0.2) is 0 Å². The predicted molar refractivity (Wildman–Crippen MR) is 89.8 cm³/mol. The highest BCUT2D eigenvalue weighted by atomic mass is 32.2. The zero-order valence-electron chi connectivity index (χ0n) is 13.8. The van der Waals surface area contributed by atoms with Crippen molar-refractivity contribution >= 4 is 10.0 Å². The maximum atomic E-state index is 12.5. The fourth-order valence-corrected chi connectivity index (χ4v) is 4.14. The molecule has 1 aromatic carbocycles. The third kappa shape index (κ3) is 3.66. The van der Waals surface area contributed by atoms with Crippen molar-refractivity contribution in [1.82, 2.24) is 20.2 Å². The summed E-state index contributed by atoms with van der Waals surface area (Å²) in [7, 11) is -3.42. The normalized spacial score (nSPS) is 21.2. The molecule has 0 spiro atoms. The molecule has 24 heavy (non-hydrogen) atoms. The van der Waals surface area contributed by atoms with Crippen LogP contribution in [0.3, 0.4) is 0 Å². The zero-order chi connectivity index (χ0) is 17.2. The quantitative estimate of drug-likeness (QED) is 0.819. The van der Waals surface area contributed by atoms with Gasteiger partial charge in [-0.1, -0.05) is 31.2 Å². The molecule has 1 saturated heterocycles. The molecular weight excluding hydrogens is 328 g/mol. The second-order valence-corrected chi connectivity index (χ2v) is 8.04. The Balaban J connectivity index is 1.62. The van der Waals surface area contributed by atoms with Crippen LogP contribution in [-0.2, 0) is 23.0 Å². The monoisotopic (exact) mass is 350 g/mol. The van der Waals surface area contributed by atoms with E-state index in [9.17, 15) is 8.42 Å². The van der Waals surface area contributed by atoms with E-state index in [1.54, 1.807) is 0 Å². The minimum absolute atomic E-state index is 0.210. The lowest BCUT2D eigenvalue weighted by Gasteiger charge is -2.13. The van der Waals surface area contributed by atoms with E-state index in [-0.39, 0.29) is 6.04 Å². The van der Waals surface area contributed by atoms with Crippen LogP contribution in [0.2, 0.25) is 0 Å². The number of aryl methyl sites for hydroxylation is 2. The molecule has 7 nitrogen and oxygen atoms in total. The molecule has 2 N–H and O–H groups in total. The van der Waals surface area contributed by atoms with Crippen LogP contribution in [0.15, 0.2) is 28.7 Å². The van der Waals surface area contributed by atoms with Crippen molar-refractivity contribution in [2.75, 3.05) is 6.54 Å². The molecule has 2 atom stereocenters. The summed E-state index contributed by atoms with van der Waals surface area (Å²) in [5, 5.41) is 10.6. The summed E-state index contributed by atoms with van der Waals surface area (Å²) in [4.78, 5) is 0. The van der Waals surface area contributed by atoms with E-state index in [0.29, 0.717) is 37.7 Å². The van der Waals surface area contributed by atoms with Gasteiger partial charge in [-0.25, -0.2) is 13.1 Å². The third-order valence-corrected chi connectivity index (χ3v) is 6.12. The molecule has 2 aromatic rings. The maximum Gasteiger partial charge on any atom is 0.233 e. The average Bonchev–Trinajstić information content (AvgIpc) is 3.23. The van der Waals surface area contributed by atoms with Crippen LogP contribution < -0.4 is 10.0 Å². The molecule has 1 fully saturated rings. The molecule has 8 heteroatoms. The highest BCUT2D eigenvalue weighted by molar-refractivity contribution is 7.90. The molecule has 1 aromatic heterocycles. The van der Waals surface area contributed by atoms with Crippen LogP contribution in [0.5, 0.6) is 0 Å². The first-order valence-corrected chi connectivity index (χ1v) is 9.63. The number of sulfonamides is 1. The lowest BCUT2D eigenvalue weighted by Crippen LogP contribution is -2.35. The number of hydrogen-bond acceptors (Lipinski definition) is 6. The molecule has 0 saturated carbocycles. The van der Waals surface area contributed by atoms with E-state index in [1.807, 2.05) is 38.1 Å². The van der Waals surface area contributed by atoms with E-state index in [0.717, 1.165) is 11.1 Å². The Morgan fingerprint density at radius 2 is 2.12 bits per heavy atom. The summed E-state index contributed by atoms with van der Waals surface area (Å²) in [6.07, 6.45) is 1.09. The summed E-state index contributed by atoms with van der Waals surface area (Å²) < 4.78 is 33.3. The molecule has 3 rings (SSSR count).